The van der Waals surface area contributed by atoms with Gasteiger partial charge in [-0.2, -0.15) is 4.98 Å². The molecule has 1 aliphatic rings. The third-order valence-corrected chi connectivity index (χ3v) is 3.48. The first-order valence-electron chi connectivity index (χ1n) is 10.3. The molecule has 1 fully saturated rings. The molecule has 0 N–H and O–H groups in total. The summed E-state index contributed by atoms with van der Waals surface area (Å²) in [5.74, 6) is 1.67. The molecular formula is C23H43N3O. The van der Waals surface area contributed by atoms with Gasteiger partial charge in [-0.15, -0.1) is 0 Å². The molecule has 0 aliphatic heterocycles. The first-order valence-corrected chi connectivity index (χ1v) is 10.3. The van der Waals surface area contributed by atoms with Crippen molar-refractivity contribution < 1.29 is 4.52 Å². The zero-order valence-electron chi connectivity index (χ0n) is 19.0. The van der Waals surface area contributed by atoms with Crippen LogP contribution in [-0.2, 0) is 0 Å². The SMILES string of the molecule is CC1CCC1.CCC.CCCN(C)C.Cc1ccccc1.Cc1ncno1. The van der Waals surface area contributed by atoms with Crippen molar-refractivity contribution in [3.8, 4) is 0 Å². The fourth-order valence-corrected chi connectivity index (χ4v) is 1.82. The van der Waals surface area contributed by atoms with Gasteiger partial charge in [0, 0.05) is 6.92 Å². The van der Waals surface area contributed by atoms with Crippen LogP contribution in [0.5, 0.6) is 0 Å². The summed E-state index contributed by atoms with van der Waals surface area (Å²) in [5, 5.41) is 3.34. The summed E-state index contributed by atoms with van der Waals surface area (Å²) >= 11 is 0. The molecule has 0 spiro atoms. The Bertz CT molecular complexity index is 480. The highest BCUT2D eigenvalue weighted by atomic mass is 16.5. The van der Waals surface area contributed by atoms with Crippen molar-refractivity contribution in [2.75, 3.05) is 20.6 Å². The smallest absolute Gasteiger partial charge is 0.223 e. The van der Waals surface area contributed by atoms with Crippen LogP contribution in [0.15, 0.2) is 41.2 Å². The van der Waals surface area contributed by atoms with E-state index in [9.17, 15) is 0 Å². The van der Waals surface area contributed by atoms with E-state index in [1.807, 2.05) is 18.2 Å². The second-order valence-corrected chi connectivity index (χ2v) is 7.16. The Kier molecular flexibility index (Phi) is 21.0. The maximum Gasteiger partial charge on any atom is 0.223 e. The molecule has 27 heavy (non-hydrogen) atoms. The molecule has 0 atom stereocenters. The average Bonchev–Trinajstić information content (AvgIpc) is 3.07. The summed E-state index contributed by atoms with van der Waals surface area (Å²) in [6.07, 6.45) is 8.34. The van der Waals surface area contributed by atoms with Crippen LogP contribution in [-0.4, -0.2) is 35.7 Å². The highest BCUT2D eigenvalue weighted by Gasteiger charge is 2.09. The summed E-state index contributed by atoms with van der Waals surface area (Å²) in [5.41, 5.74) is 1.32. The van der Waals surface area contributed by atoms with Crippen LogP contribution in [0.1, 0.15) is 71.3 Å². The summed E-state index contributed by atoms with van der Waals surface area (Å²) in [6, 6.07) is 10.3. The quantitative estimate of drug-likeness (QED) is 0.595. The fraction of sp³-hybridized carbons (Fsp3) is 0.652. The summed E-state index contributed by atoms with van der Waals surface area (Å²) in [7, 11) is 4.17. The standard InChI is InChI=1S/C7H8.C5H13N.C5H10.C3H4N2O.C3H8/c1-7-5-3-2-4-6-7;1-4-5-6(2)3;1-5-3-2-4-5;1-3-4-2-5-6-3;1-3-2/h2-6H,1H3;4-5H2,1-3H3;5H,2-4H2,1H3;2H,1H3;3H2,1-2H3. The third kappa shape index (κ3) is 24.3. The molecule has 1 heterocycles. The normalized spacial score (nSPS) is 11.9. The van der Waals surface area contributed by atoms with Gasteiger partial charge in [-0.25, -0.2) is 0 Å². The number of nitrogens with zero attached hydrogens (tertiary/aromatic N) is 3. The number of benzene rings is 1. The molecule has 0 unspecified atom stereocenters. The van der Waals surface area contributed by atoms with Gasteiger partial charge in [0.15, 0.2) is 6.33 Å². The topological polar surface area (TPSA) is 42.2 Å². The Hall–Kier alpha value is -1.68. The lowest BCUT2D eigenvalue weighted by molar-refractivity contribution is 0.346. The van der Waals surface area contributed by atoms with Gasteiger partial charge in [-0.3, -0.25) is 0 Å². The van der Waals surface area contributed by atoms with Gasteiger partial charge in [0.05, 0.1) is 0 Å². The molecule has 3 rings (SSSR count). The van der Waals surface area contributed by atoms with Crippen LogP contribution in [0.2, 0.25) is 0 Å². The van der Waals surface area contributed by atoms with Crippen LogP contribution in [0.3, 0.4) is 0 Å². The number of hydrogen-bond donors (Lipinski definition) is 0. The Morgan fingerprint density at radius 3 is 1.67 bits per heavy atom. The largest absolute Gasteiger partial charge is 0.340 e. The Labute approximate surface area is 168 Å². The number of aromatic nitrogens is 2. The van der Waals surface area contributed by atoms with E-state index in [1.165, 1.54) is 50.5 Å². The zero-order chi connectivity index (χ0) is 20.9. The van der Waals surface area contributed by atoms with Crippen molar-refractivity contribution in [1.29, 1.82) is 0 Å². The van der Waals surface area contributed by atoms with E-state index in [-0.39, 0.29) is 0 Å². The van der Waals surface area contributed by atoms with Gasteiger partial charge in [0.1, 0.15) is 0 Å². The minimum atomic E-state index is 0.606. The van der Waals surface area contributed by atoms with Crippen LogP contribution < -0.4 is 0 Å². The van der Waals surface area contributed by atoms with E-state index in [0.29, 0.717) is 5.89 Å². The van der Waals surface area contributed by atoms with Gasteiger partial charge in [0.2, 0.25) is 5.89 Å². The lowest BCUT2D eigenvalue weighted by Crippen LogP contribution is -2.11. The van der Waals surface area contributed by atoms with Gasteiger partial charge in [-0.05, 0) is 39.9 Å². The summed E-state index contributed by atoms with van der Waals surface area (Å²) in [4.78, 5) is 5.82. The molecule has 2 aromatic rings. The Morgan fingerprint density at radius 2 is 1.56 bits per heavy atom. The maximum atomic E-state index is 4.47. The molecule has 1 saturated carbocycles. The number of rotatable bonds is 2. The molecule has 0 saturated heterocycles. The molecule has 0 bridgehead atoms. The van der Waals surface area contributed by atoms with Crippen molar-refractivity contribution in [3.05, 3.63) is 48.1 Å². The lowest BCUT2D eigenvalue weighted by atomic mass is 9.88. The van der Waals surface area contributed by atoms with E-state index in [0.717, 1.165) is 5.92 Å². The van der Waals surface area contributed by atoms with Gasteiger partial charge in [0.25, 0.3) is 0 Å². The first-order chi connectivity index (χ1) is 12.9. The number of hydrogen-bond acceptors (Lipinski definition) is 4. The third-order valence-electron chi connectivity index (χ3n) is 3.48. The second kappa shape index (κ2) is 20.6. The predicted octanol–water partition coefficient (Wildman–Crippen LogP) is 6.55. The second-order valence-electron chi connectivity index (χ2n) is 7.16. The van der Waals surface area contributed by atoms with Crippen molar-refractivity contribution in [1.82, 2.24) is 15.0 Å². The highest BCUT2D eigenvalue weighted by Crippen LogP contribution is 2.24. The van der Waals surface area contributed by atoms with Crippen LogP contribution in [0.25, 0.3) is 0 Å². The fourth-order valence-electron chi connectivity index (χ4n) is 1.82. The zero-order valence-corrected chi connectivity index (χ0v) is 19.0. The monoisotopic (exact) mass is 377 g/mol. The summed E-state index contributed by atoms with van der Waals surface area (Å²) in [6.45, 7) is 13.8. The number of aryl methyl sites for hydroxylation is 2. The van der Waals surface area contributed by atoms with Gasteiger partial charge >= 0.3 is 0 Å². The van der Waals surface area contributed by atoms with E-state index >= 15 is 0 Å². The van der Waals surface area contributed by atoms with Crippen molar-refractivity contribution in [2.45, 2.75) is 73.6 Å². The molecule has 0 amide bonds. The van der Waals surface area contributed by atoms with Gasteiger partial charge < -0.3 is 9.42 Å². The van der Waals surface area contributed by atoms with Gasteiger partial charge in [-0.1, -0.05) is 94.4 Å². The van der Waals surface area contributed by atoms with Crippen LogP contribution in [0.4, 0.5) is 0 Å². The van der Waals surface area contributed by atoms with Crippen LogP contribution in [0, 0.1) is 19.8 Å². The minimum Gasteiger partial charge on any atom is -0.340 e. The average molecular weight is 378 g/mol. The van der Waals surface area contributed by atoms with Crippen molar-refractivity contribution in [3.63, 3.8) is 0 Å². The minimum absolute atomic E-state index is 0.606. The molecule has 0 radical (unpaired) electrons. The first kappa shape index (κ1) is 27.5. The maximum absolute atomic E-state index is 4.47. The molecule has 1 aromatic heterocycles. The lowest BCUT2D eigenvalue weighted by Gasteiger charge is -2.18. The predicted molar refractivity (Wildman–Crippen MR) is 118 cm³/mol. The van der Waals surface area contributed by atoms with E-state index in [2.05, 4.69) is 80.4 Å². The molecule has 4 heteroatoms. The van der Waals surface area contributed by atoms with Crippen LogP contribution >= 0.6 is 0 Å². The van der Waals surface area contributed by atoms with E-state index in [4.69, 9.17) is 0 Å². The summed E-state index contributed by atoms with van der Waals surface area (Å²) < 4.78 is 4.47. The Balaban J connectivity index is 0. The van der Waals surface area contributed by atoms with Crippen molar-refractivity contribution >= 4 is 0 Å². The molecule has 156 valence electrons. The molecular weight excluding hydrogens is 334 g/mol. The molecule has 1 aliphatic carbocycles. The van der Waals surface area contributed by atoms with E-state index in [1.54, 1.807) is 6.92 Å². The molecule has 1 aromatic carbocycles. The highest BCUT2D eigenvalue weighted by molar-refractivity contribution is 5.11. The molecule has 4 nitrogen and oxygen atoms in total. The van der Waals surface area contributed by atoms with E-state index < -0.39 is 0 Å². The van der Waals surface area contributed by atoms with Crippen molar-refractivity contribution in [2.24, 2.45) is 5.92 Å². The Morgan fingerprint density at radius 1 is 1.04 bits per heavy atom.